The summed E-state index contributed by atoms with van der Waals surface area (Å²) in [7, 11) is 0. The van der Waals surface area contributed by atoms with Gasteiger partial charge in [-0.3, -0.25) is 4.79 Å². The number of H-pyrrole nitrogens is 1. The number of benzene rings is 3. The van der Waals surface area contributed by atoms with Crippen molar-refractivity contribution < 1.29 is 22.7 Å². The highest BCUT2D eigenvalue weighted by Crippen LogP contribution is 2.32. The average molecular weight is 448 g/mol. The van der Waals surface area contributed by atoms with Crippen LogP contribution in [0.3, 0.4) is 0 Å². The number of alkyl halides is 3. The lowest BCUT2D eigenvalue weighted by Gasteiger charge is -2.12. The van der Waals surface area contributed by atoms with E-state index in [-0.39, 0.29) is 5.69 Å². The lowest BCUT2D eigenvalue weighted by Crippen LogP contribution is -2.13. The summed E-state index contributed by atoms with van der Waals surface area (Å²) in [6, 6.07) is 16.6. The van der Waals surface area contributed by atoms with Crippen molar-refractivity contribution in [2.24, 2.45) is 0 Å². The fraction of sp³-hybridized carbons (Fsp3) is 0.0417. The van der Waals surface area contributed by atoms with Crippen molar-refractivity contribution in [1.29, 1.82) is 0 Å². The van der Waals surface area contributed by atoms with Crippen molar-refractivity contribution in [2.45, 2.75) is 6.18 Å². The number of carbonyl (C=O) groups excluding carboxylic acids is 1. The first-order valence-electron chi connectivity index (χ1n) is 9.86. The monoisotopic (exact) mass is 448 g/mol. The van der Waals surface area contributed by atoms with Gasteiger partial charge in [0, 0.05) is 17.4 Å². The number of carbonyl (C=O) groups is 1. The van der Waals surface area contributed by atoms with Gasteiger partial charge in [-0.25, -0.2) is 9.97 Å². The summed E-state index contributed by atoms with van der Waals surface area (Å²) in [6.45, 7) is 0. The molecule has 0 bridgehead atoms. The van der Waals surface area contributed by atoms with Gasteiger partial charge >= 0.3 is 6.18 Å². The minimum Gasteiger partial charge on any atom is -0.438 e. The van der Waals surface area contributed by atoms with Gasteiger partial charge in [0.05, 0.1) is 10.9 Å². The number of aromatic amines is 1. The average Bonchev–Trinajstić information content (AvgIpc) is 3.28. The van der Waals surface area contributed by atoms with Crippen LogP contribution in [0, 0.1) is 0 Å². The summed E-state index contributed by atoms with van der Waals surface area (Å²) in [6.07, 6.45) is -1.36. The van der Waals surface area contributed by atoms with Crippen molar-refractivity contribution in [1.82, 2.24) is 15.0 Å². The Balaban J connectivity index is 1.43. The molecule has 2 aromatic heterocycles. The number of rotatable bonds is 4. The maximum atomic E-state index is 13.0. The molecule has 2 heterocycles. The van der Waals surface area contributed by atoms with Crippen molar-refractivity contribution in [3.63, 3.8) is 0 Å². The molecule has 9 heteroatoms. The molecule has 0 saturated carbocycles. The predicted molar refractivity (Wildman–Crippen MR) is 117 cm³/mol. The second-order valence-electron chi connectivity index (χ2n) is 7.24. The van der Waals surface area contributed by atoms with Crippen LogP contribution in [0.25, 0.3) is 21.8 Å². The van der Waals surface area contributed by atoms with Crippen LogP contribution in [0.5, 0.6) is 11.6 Å². The van der Waals surface area contributed by atoms with Gasteiger partial charge in [-0.15, -0.1) is 0 Å². The third kappa shape index (κ3) is 4.08. The van der Waals surface area contributed by atoms with Crippen LogP contribution >= 0.6 is 0 Å². The predicted octanol–water partition coefficient (Wildman–Crippen LogP) is 6.17. The Morgan fingerprint density at radius 1 is 0.939 bits per heavy atom. The molecular formula is C24H15F3N4O2. The number of aromatic nitrogens is 3. The molecule has 0 fully saturated rings. The lowest BCUT2D eigenvalue weighted by molar-refractivity contribution is -0.137. The molecule has 164 valence electrons. The fourth-order valence-corrected chi connectivity index (χ4v) is 3.54. The molecule has 0 saturated heterocycles. The minimum absolute atomic E-state index is 0.0612. The smallest absolute Gasteiger partial charge is 0.416 e. The first-order valence-corrected chi connectivity index (χ1v) is 9.86. The van der Waals surface area contributed by atoms with E-state index in [9.17, 15) is 18.0 Å². The third-order valence-electron chi connectivity index (χ3n) is 5.08. The molecule has 0 aliphatic heterocycles. The summed E-state index contributed by atoms with van der Waals surface area (Å²) in [5.41, 5.74) is 0.202. The Labute approximate surface area is 185 Å². The first kappa shape index (κ1) is 20.5. The van der Waals surface area contributed by atoms with Crippen LogP contribution in [0.15, 0.2) is 79.3 Å². The molecule has 0 aliphatic carbocycles. The Morgan fingerprint density at radius 3 is 2.64 bits per heavy atom. The summed E-state index contributed by atoms with van der Waals surface area (Å²) in [5, 5.41) is 4.63. The van der Waals surface area contributed by atoms with E-state index in [4.69, 9.17) is 4.74 Å². The third-order valence-corrected chi connectivity index (χ3v) is 5.08. The molecule has 3 aromatic carbocycles. The van der Waals surface area contributed by atoms with Crippen LogP contribution in [0.1, 0.15) is 15.9 Å². The molecule has 2 N–H and O–H groups in total. The van der Waals surface area contributed by atoms with E-state index in [1.54, 1.807) is 36.5 Å². The second kappa shape index (κ2) is 7.94. The Kier molecular flexibility index (Phi) is 4.93. The lowest BCUT2D eigenvalue weighted by atomic mass is 10.0. The summed E-state index contributed by atoms with van der Waals surface area (Å²) >= 11 is 0. The topological polar surface area (TPSA) is 79.9 Å². The molecule has 5 aromatic rings. The number of anilines is 1. The van der Waals surface area contributed by atoms with Crippen LogP contribution in [0.2, 0.25) is 0 Å². The van der Waals surface area contributed by atoms with Crippen molar-refractivity contribution in [3.05, 3.63) is 90.4 Å². The summed E-state index contributed by atoms with van der Waals surface area (Å²) in [4.78, 5) is 24.1. The van der Waals surface area contributed by atoms with E-state index in [1.165, 1.54) is 18.5 Å². The molecule has 0 aliphatic rings. The van der Waals surface area contributed by atoms with Crippen LogP contribution < -0.4 is 10.1 Å². The van der Waals surface area contributed by atoms with Gasteiger partial charge in [0.1, 0.15) is 17.7 Å². The van der Waals surface area contributed by atoms with E-state index in [2.05, 4.69) is 20.3 Å². The molecule has 6 nitrogen and oxygen atoms in total. The molecule has 1 amide bonds. The summed E-state index contributed by atoms with van der Waals surface area (Å²) in [5.74, 6) is 0.386. The number of fused-ring (bicyclic) bond motifs is 2. The van der Waals surface area contributed by atoms with Gasteiger partial charge < -0.3 is 15.0 Å². The molecule has 5 rings (SSSR count). The maximum absolute atomic E-state index is 13.0. The molecule has 0 atom stereocenters. The molecule has 33 heavy (non-hydrogen) atoms. The minimum atomic E-state index is -4.49. The first-order chi connectivity index (χ1) is 15.9. The highest BCUT2D eigenvalue weighted by Gasteiger charge is 2.30. The van der Waals surface area contributed by atoms with Gasteiger partial charge in [-0.1, -0.05) is 18.2 Å². The SMILES string of the molecule is O=C(Nc1cccc(C(F)(F)F)c1)c1cccc2cc(Oc3ncnc4[nH]ccc34)ccc12. The van der Waals surface area contributed by atoms with Gasteiger partial charge in [0.25, 0.3) is 5.91 Å². The van der Waals surface area contributed by atoms with Crippen molar-refractivity contribution in [3.8, 4) is 11.6 Å². The number of halogens is 3. The fourth-order valence-electron chi connectivity index (χ4n) is 3.54. The second-order valence-corrected chi connectivity index (χ2v) is 7.24. The number of ether oxygens (including phenoxy) is 1. The van der Waals surface area contributed by atoms with E-state index in [0.29, 0.717) is 28.2 Å². The van der Waals surface area contributed by atoms with E-state index in [1.807, 2.05) is 12.1 Å². The number of amides is 1. The van der Waals surface area contributed by atoms with Crippen molar-refractivity contribution >= 4 is 33.4 Å². The number of nitrogens with zero attached hydrogens (tertiary/aromatic N) is 2. The number of nitrogens with one attached hydrogen (secondary N) is 2. The van der Waals surface area contributed by atoms with E-state index in [0.717, 1.165) is 22.9 Å². The molecular weight excluding hydrogens is 433 g/mol. The molecule has 0 spiro atoms. The maximum Gasteiger partial charge on any atom is 0.416 e. The Hall–Kier alpha value is -4.40. The highest BCUT2D eigenvalue weighted by atomic mass is 19.4. The zero-order valence-corrected chi connectivity index (χ0v) is 16.9. The Morgan fingerprint density at radius 2 is 1.79 bits per heavy atom. The molecule has 0 radical (unpaired) electrons. The largest absolute Gasteiger partial charge is 0.438 e. The van der Waals surface area contributed by atoms with E-state index >= 15 is 0 Å². The summed E-state index contributed by atoms with van der Waals surface area (Å²) < 4.78 is 44.8. The van der Waals surface area contributed by atoms with Crippen molar-refractivity contribution in [2.75, 3.05) is 5.32 Å². The molecule has 0 unspecified atom stereocenters. The van der Waals surface area contributed by atoms with Crippen LogP contribution in [0.4, 0.5) is 18.9 Å². The van der Waals surface area contributed by atoms with Gasteiger partial charge in [0.2, 0.25) is 5.88 Å². The zero-order chi connectivity index (χ0) is 23.0. The van der Waals surface area contributed by atoms with Gasteiger partial charge in [0.15, 0.2) is 0 Å². The normalized spacial score (nSPS) is 11.6. The quantitative estimate of drug-likeness (QED) is 0.344. The van der Waals surface area contributed by atoms with Gasteiger partial charge in [-0.2, -0.15) is 13.2 Å². The number of hydrogen-bond acceptors (Lipinski definition) is 4. The van der Waals surface area contributed by atoms with Crippen LogP contribution in [-0.4, -0.2) is 20.9 Å². The highest BCUT2D eigenvalue weighted by molar-refractivity contribution is 6.13. The number of hydrogen-bond donors (Lipinski definition) is 2. The Bertz CT molecular complexity index is 1490. The zero-order valence-electron chi connectivity index (χ0n) is 16.9. The van der Waals surface area contributed by atoms with Gasteiger partial charge in [-0.05, 0) is 59.3 Å². The van der Waals surface area contributed by atoms with E-state index < -0.39 is 17.6 Å². The standard InChI is InChI=1S/C24H15F3N4O2/c25-24(26,27)15-4-2-5-16(12-15)31-22(32)19-6-1-3-14-11-17(7-8-18(14)19)33-23-20-9-10-28-21(20)29-13-30-23/h1-13H,(H,31,32)(H,28,29,30). The van der Waals surface area contributed by atoms with Crippen LogP contribution in [-0.2, 0) is 6.18 Å².